The standard InChI is InChI=1S/C25H27NO4/c1-5-29-24(27)21-16(3)26-17(4)22(25(28)30-6-2)23(21)20-15-11-10-14-19(20)18-12-8-7-9-13-18/h7-15,21,23H,5-6H2,1-4H3. The van der Waals surface area contributed by atoms with Crippen LogP contribution in [0, 0.1) is 5.92 Å². The molecule has 0 amide bonds. The second kappa shape index (κ2) is 9.53. The third-order valence-corrected chi connectivity index (χ3v) is 5.24. The Labute approximate surface area is 177 Å². The van der Waals surface area contributed by atoms with Crippen LogP contribution in [0.5, 0.6) is 0 Å². The van der Waals surface area contributed by atoms with Crippen molar-refractivity contribution in [2.45, 2.75) is 33.6 Å². The minimum Gasteiger partial charge on any atom is -0.465 e. The van der Waals surface area contributed by atoms with E-state index in [1.165, 1.54) is 0 Å². The summed E-state index contributed by atoms with van der Waals surface area (Å²) in [7, 11) is 0. The fourth-order valence-corrected chi connectivity index (χ4v) is 4.03. The normalized spacial score (nSPS) is 18.6. The first kappa shape index (κ1) is 21.5. The number of carbonyl (C=O) groups is 2. The number of aliphatic imine (C=N–C) groups is 1. The lowest BCUT2D eigenvalue weighted by Gasteiger charge is -2.32. The molecule has 0 aliphatic carbocycles. The summed E-state index contributed by atoms with van der Waals surface area (Å²) < 4.78 is 10.7. The van der Waals surface area contributed by atoms with Crippen molar-refractivity contribution in [3.05, 3.63) is 71.4 Å². The number of hydrogen-bond acceptors (Lipinski definition) is 5. The van der Waals surface area contributed by atoms with Crippen LogP contribution >= 0.6 is 0 Å². The van der Waals surface area contributed by atoms with Crippen molar-refractivity contribution in [2.75, 3.05) is 13.2 Å². The Morgan fingerprint density at radius 3 is 2.20 bits per heavy atom. The van der Waals surface area contributed by atoms with Crippen molar-refractivity contribution in [3.8, 4) is 11.1 Å². The van der Waals surface area contributed by atoms with Crippen LogP contribution in [0.1, 0.15) is 39.2 Å². The summed E-state index contributed by atoms with van der Waals surface area (Å²) in [5, 5.41) is 0. The zero-order chi connectivity index (χ0) is 21.7. The van der Waals surface area contributed by atoms with Gasteiger partial charge in [0, 0.05) is 17.3 Å². The molecule has 0 radical (unpaired) electrons. The van der Waals surface area contributed by atoms with Crippen molar-refractivity contribution >= 4 is 17.7 Å². The van der Waals surface area contributed by atoms with Crippen molar-refractivity contribution in [1.82, 2.24) is 0 Å². The summed E-state index contributed by atoms with van der Waals surface area (Å²) in [6.07, 6.45) is 0. The maximum absolute atomic E-state index is 13.0. The Hall–Kier alpha value is -3.21. The van der Waals surface area contributed by atoms with E-state index in [9.17, 15) is 9.59 Å². The average molecular weight is 405 g/mol. The van der Waals surface area contributed by atoms with Gasteiger partial charge in [0.2, 0.25) is 0 Å². The lowest BCUT2D eigenvalue weighted by atomic mass is 9.73. The quantitative estimate of drug-likeness (QED) is 0.640. The molecule has 1 aliphatic heterocycles. The minimum absolute atomic E-state index is 0.245. The van der Waals surface area contributed by atoms with Crippen LogP contribution in [0.15, 0.2) is 70.9 Å². The lowest BCUT2D eigenvalue weighted by Crippen LogP contribution is -2.36. The zero-order valence-electron chi connectivity index (χ0n) is 17.8. The van der Waals surface area contributed by atoms with Gasteiger partial charge in [-0.25, -0.2) is 4.79 Å². The Morgan fingerprint density at radius 1 is 0.900 bits per heavy atom. The predicted molar refractivity (Wildman–Crippen MR) is 117 cm³/mol. The van der Waals surface area contributed by atoms with Gasteiger partial charge in [0.1, 0.15) is 5.92 Å². The van der Waals surface area contributed by atoms with Gasteiger partial charge in [-0.1, -0.05) is 54.6 Å². The van der Waals surface area contributed by atoms with Gasteiger partial charge in [-0.2, -0.15) is 0 Å². The van der Waals surface area contributed by atoms with E-state index in [4.69, 9.17) is 9.47 Å². The number of benzene rings is 2. The number of ether oxygens (including phenoxy) is 2. The predicted octanol–water partition coefficient (Wildman–Crippen LogP) is 4.93. The molecule has 2 aromatic carbocycles. The van der Waals surface area contributed by atoms with Crippen LogP contribution in [0.4, 0.5) is 0 Å². The molecule has 3 rings (SSSR count). The largest absolute Gasteiger partial charge is 0.465 e. The highest BCUT2D eigenvalue weighted by Crippen LogP contribution is 2.43. The zero-order valence-corrected chi connectivity index (χ0v) is 17.8. The minimum atomic E-state index is -0.696. The maximum Gasteiger partial charge on any atom is 0.336 e. The number of nitrogens with zero attached hydrogens (tertiary/aromatic N) is 1. The van der Waals surface area contributed by atoms with Gasteiger partial charge >= 0.3 is 11.9 Å². The van der Waals surface area contributed by atoms with E-state index in [0.717, 1.165) is 16.7 Å². The molecule has 5 heteroatoms. The van der Waals surface area contributed by atoms with Crippen LogP contribution in [0.3, 0.4) is 0 Å². The molecule has 0 bridgehead atoms. The van der Waals surface area contributed by atoms with Crippen molar-refractivity contribution in [2.24, 2.45) is 10.9 Å². The first-order valence-electron chi connectivity index (χ1n) is 10.2. The molecule has 0 saturated carbocycles. The van der Waals surface area contributed by atoms with E-state index in [1.807, 2.05) is 61.5 Å². The molecule has 0 fully saturated rings. The number of carbonyl (C=O) groups excluding carboxylic acids is 2. The highest BCUT2D eigenvalue weighted by molar-refractivity contribution is 6.07. The molecule has 0 saturated heterocycles. The third kappa shape index (κ3) is 4.20. The monoisotopic (exact) mass is 405 g/mol. The van der Waals surface area contributed by atoms with E-state index in [0.29, 0.717) is 17.0 Å². The Morgan fingerprint density at radius 2 is 1.53 bits per heavy atom. The molecule has 0 N–H and O–H groups in total. The molecule has 156 valence electrons. The molecule has 2 atom stereocenters. The average Bonchev–Trinajstić information content (AvgIpc) is 2.74. The number of rotatable bonds is 6. The molecule has 2 unspecified atom stereocenters. The van der Waals surface area contributed by atoms with Gasteiger partial charge in [0.05, 0.1) is 18.8 Å². The Bertz CT molecular complexity index is 991. The molecule has 2 aromatic rings. The summed E-state index contributed by atoms with van der Waals surface area (Å²) in [5.41, 5.74) is 4.45. The number of hydrogen-bond donors (Lipinski definition) is 0. The van der Waals surface area contributed by atoms with Gasteiger partial charge < -0.3 is 9.47 Å². The van der Waals surface area contributed by atoms with Crippen LogP contribution in [0.2, 0.25) is 0 Å². The van der Waals surface area contributed by atoms with Crippen molar-refractivity contribution in [1.29, 1.82) is 0 Å². The lowest BCUT2D eigenvalue weighted by molar-refractivity contribution is -0.146. The second-order valence-corrected chi connectivity index (χ2v) is 7.13. The maximum atomic E-state index is 13.0. The van der Waals surface area contributed by atoms with Crippen LogP contribution in [-0.4, -0.2) is 30.9 Å². The Kier molecular flexibility index (Phi) is 6.83. The topological polar surface area (TPSA) is 65.0 Å². The molecule has 0 spiro atoms. The van der Waals surface area contributed by atoms with Gasteiger partial charge in [-0.3, -0.25) is 9.79 Å². The SMILES string of the molecule is CCOC(=O)C1=C(C)N=C(C)C(C(=O)OCC)C1c1ccccc1-c1ccccc1. The van der Waals surface area contributed by atoms with Gasteiger partial charge in [0.15, 0.2) is 0 Å². The number of esters is 2. The van der Waals surface area contributed by atoms with E-state index in [-0.39, 0.29) is 19.2 Å². The van der Waals surface area contributed by atoms with E-state index < -0.39 is 17.8 Å². The summed E-state index contributed by atoms with van der Waals surface area (Å²) in [4.78, 5) is 30.5. The second-order valence-electron chi connectivity index (χ2n) is 7.13. The van der Waals surface area contributed by atoms with E-state index in [2.05, 4.69) is 4.99 Å². The molecule has 1 heterocycles. The first-order valence-corrected chi connectivity index (χ1v) is 10.2. The van der Waals surface area contributed by atoms with Gasteiger partial charge in [0.25, 0.3) is 0 Å². The first-order chi connectivity index (χ1) is 14.5. The molecular formula is C25H27NO4. The Balaban J connectivity index is 2.25. The molecule has 1 aliphatic rings. The van der Waals surface area contributed by atoms with E-state index >= 15 is 0 Å². The van der Waals surface area contributed by atoms with Gasteiger partial charge in [-0.05, 0) is 44.4 Å². The summed E-state index contributed by atoms with van der Waals surface area (Å²) >= 11 is 0. The number of allylic oxidation sites excluding steroid dienone is 1. The van der Waals surface area contributed by atoms with Crippen LogP contribution < -0.4 is 0 Å². The fourth-order valence-electron chi connectivity index (χ4n) is 4.03. The highest BCUT2D eigenvalue weighted by atomic mass is 16.5. The van der Waals surface area contributed by atoms with Crippen molar-refractivity contribution < 1.29 is 19.1 Å². The third-order valence-electron chi connectivity index (χ3n) is 5.24. The molecular weight excluding hydrogens is 378 g/mol. The summed E-state index contributed by atoms with van der Waals surface area (Å²) in [5.74, 6) is -2.08. The molecule has 5 nitrogen and oxygen atoms in total. The molecule has 0 aromatic heterocycles. The van der Waals surface area contributed by atoms with Crippen molar-refractivity contribution in [3.63, 3.8) is 0 Å². The van der Waals surface area contributed by atoms with Gasteiger partial charge in [-0.15, -0.1) is 0 Å². The van der Waals surface area contributed by atoms with Crippen LogP contribution in [-0.2, 0) is 19.1 Å². The fraction of sp³-hybridized carbons (Fsp3) is 0.320. The van der Waals surface area contributed by atoms with Crippen LogP contribution in [0.25, 0.3) is 11.1 Å². The smallest absolute Gasteiger partial charge is 0.336 e. The highest BCUT2D eigenvalue weighted by Gasteiger charge is 2.43. The summed E-state index contributed by atoms with van der Waals surface area (Å²) in [6, 6.07) is 17.8. The van der Waals surface area contributed by atoms with E-state index in [1.54, 1.807) is 20.8 Å². The summed E-state index contributed by atoms with van der Waals surface area (Å²) in [6.45, 7) is 7.64. The molecule has 30 heavy (non-hydrogen) atoms.